The van der Waals surface area contributed by atoms with E-state index in [-0.39, 0.29) is 6.04 Å². The zero-order valence-corrected chi connectivity index (χ0v) is 10.2. The molecule has 0 heterocycles. The monoisotopic (exact) mass is 237 g/mol. The van der Waals surface area contributed by atoms with Gasteiger partial charge in [0.15, 0.2) is 0 Å². The summed E-state index contributed by atoms with van der Waals surface area (Å²) in [7, 11) is 1.81. The van der Waals surface area contributed by atoms with Gasteiger partial charge in [-0.2, -0.15) is 0 Å². The average molecular weight is 237 g/mol. The molecule has 1 aromatic rings. The number of halogens is 2. The molecule has 92 valence electrons. The first kappa shape index (κ1) is 12.2. The van der Waals surface area contributed by atoms with E-state index in [0.717, 1.165) is 25.3 Å². The first-order valence-corrected chi connectivity index (χ1v) is 5.95. The molecule has 0 bridgehead atoms. The maximum absolute atomic E-state index is 13.8. The molecule has 2 rings (SSSR count). The van der Waals surface area contributed by atoms with Gasteiger partial charge in [-0.05, 0) is 44.9 Å². The van der Waals surface area contributed by atoms with Gasteiger partial charge in [0.2, 0.25) is 0 Å². The van der Waals surface area contributed by atoms with Gasteiger partial charge in [-0.1, -0.05) is 11.6 Å². The zero-order chi connectivity index (χ0) is 12.4. The molecular formula is C14H17F2N. The molecule has 0 radical (unpaired) electrons. The average Bonchev–Trinajstić information content (AvgIpc) is 2.80. The summed E-state index contributed by atoms with van der Waals surface area (Å²) in [5.41, 5.74) is 2.23. The number of allylic oxidation sites excluding steroid dienone is 1. The van der Waals surface area contributed by atoms with Crippen LogP contribution in [0.2, 0.25) is 0 Å². The second-order valence-electron chi connectivity index (χ2n) is 4.52. The Bertz CT molecular complexity index is 452. The van der Waals surface area contributed by atoms with Crippen molar-refractivity contribution in [1.29, 1.82) is 0 Å². The van der Waals surface area contributed by atoms with Gasteiger partial charge in [0, 0.05) is 11.6 Å². The van der Waals surface area contributed by atoms with Crippen molar-refractivity contribution < 1.29 is 8.78 Å². The fourth-order valence-corrected chi connectivity index (χ4v) is 2.40. The minimum absolute atomic E-state index is 0.128. The Hall–Kier alpha value is -1.22. The van der Waals surface area contributed by atoms with Gasteiger partial charge in [-0.3, -0.25) is 0 Å². The topological polar surface area (TPSA) is 12.0 Å². The first-order chi connectivity index (χ1) is 8.13. The molecule has 1 aliphatic carbocycles. The van der Waals surface area contributed by atoms with Crippen molar-refractivity contribution in [2.24, 2.45) is 0 Å². The molecule has 0 aliphatic heterocycles. The molecule has 0 amide bonds. The minimum Gasteiger partial charge on any atom is -0.310 e. The van der Waals surface area contributed by atoms with Gasteiger partial charge in [0.25, 0.3) is 0 Å². The third-order valence-corrected chi connectivity index (χ3v) is 3.32. The van der Waals surface area contributed by atoms with Crippen LogP contribution in [-0.4, -0.2) is 7.05 Å². The minimum atomic E-state index is -0.485. The number of hydrogen-bond acceptors (Lipinski definition) is 1. The molecule has 0 aromatic heterocycles. The molecule has 1 nitrogen and oxygen atoms in total. The van der Waals surface area contributed by atoms with E-state index in [1.165, 1.54) is 5.57 Å². The van der Waals surface area contributed by atoms with Gasteiger partial charge < -0.3 is 5.32 Å². The van der Waals surface area contributed by atoms with Crippen molar-refractivity contribution in [2.45, 2.75) is 32.2 Å². The third-order valence-electron chi connectivity index (χ3n) is 3.32. The Morgan fingerprint density at radius 2 is 2.00 bits per heavy atom. The van der Waals surface area contributed by atoms with Crippen LogP contribution in [0.15, 0.2) is 23.8 Å². The van der Waals surface area contributed by atoms with Crippen molar-refractivity contribution in [2.75, 3.05) is 7.05 Å². The van der Waals surface area contributed by atoms with E-state index in [4.69, 9.17) is 0 Å². The number of nitrogens with one attached hydrogen (secondary N) is 1. The highest BCUT2D eigenvalue weighted by molar-refractivity contribution is 5.34. The van der Waals surface area contributed by atoms with Crippen molar-refractivity contribution in [3.05, 3.63) is 46.5 Å². The van der Waals surface area contributed by atoms with Crippen LogP contribution in [0.25, 0.3) is 0 Å². The molecule has 17 heavy (non-hydrogen) atoms. The smallest absolute Gasteiger partial charge is 0.131 e. The summed E-state index contributed by atoms with van der Waals surface area (Å²) in [6.07, 6.45) is 5.31. The normalized spacial score (nSPS) is 17.1. The van der Waals surface area contributed by atoms with Gasteiger partial charge >= 0.3 is 0 Å². The molecule has 1 atom stereocenters. The molecule has 3 heteroatoms. The van der Waals surface area contributed by atoms with Crippen LogP contribution in [-0.2, 0) is 0 Å². The van der Waals surface area contributed by atoms with E-state index in [0.29, 0.717) is 11.1 Å². The summed E-state index contributed by atoms with van der Waals surface area (Å²) in [5.74, 6) is -0.957. The lowest BCUT2D eigenvalue weighted by Gasteiger charge is -2.19. The van der Waals surface area contributed by atoms with Crippen molar-refractivity contribution in [3.8, 4) is 0 Å². The van der Waals surface area contributed by atoms with E-state index in [1.807, 2.05) is 7.05 Å². The van der Waals surface area contributed by atoms with Gasteiger partial charge in [-0.15, -0.1) is 0 Å². The largest absolute Gasteiger partial charge is 0.310 e. The molecule has 1 aromatic carbocycles. The van der Waals surface area contributed by atoms with Crippen molar-refractivity contribution in [3.63, 3.8) is 0 Å². The number of likely N-dealkylation sites (N-methyl/N-ethyl adjacent to an activating group) is 1. The lowest BCUT2D eigenvalue weighted by Crippen LogP contribution is -2.19. The highest BCUT2D eigenvalue weighted by Crippen LogP contribution is 2.32. The maximum atomic E-state index is 13.8. The predicted octanol–water partition coefficient (Wildman–Crippen LogP) is 3.64. The van der Waals surface area contributed by atoms with E-state index >= 15 is 0 Å². The van der Waals surface area contributed by atoms with Crippen LogP contribution in [0.3, 0.4) is 0 Å². The summed E-state index contributed by atoms with van der Waals surface area (Å²) < 4.78 is 27.0. The van der Waals surface area contributed by atoms with Crippen LogP contribution in [0.5, 0.6) is 0 Å². The molecular weight excluding hydrogens is 220 g/mol. The summed E-state index contributed by atoms with van der Waals surface area (Å²) in [4.78, 5) is 0. The quantitative estimate of drug-likeness (QED) is 0.791. The summed E-state index contributed by atoms with van der Waals surface area (Å²) >= 11 is 0. The molecule has 1 aliphatic rings. The van der Waals surface area contributed by atoms with E-state index in [1.54, 1.807) is 13.0 Å². The summed E-state index contributed by atoms with van der Waals surface area (Å²) in [6.45, 7) is 1.66. The predicted molar refractivity (Wildman–Crippen MR) is 64.8 cm³/mol. The van der Waals surface area contributed by atoms with E-state index < -0.39 is 11.6 Å². The van der Waals surface area contributed by atoms with Crippen LogP contribution in [0.1, 0.15) is 36.4 Å². The Morgan fingerprint density at radius 3 is 2.59 bits per heavy atom. The molecule has 1 N–H and O–H groups in total. The second kappa shape index (κ2) is 4.96. The molecule has 0 saturated heterocycles. The van der Waals surface area contributed by atoms with Gasteiger partial charge in [-0.25, -0.2) is 8.78 Å². The fourth-order valence-electron chi connectivity index (χ4n) is 2.40. The third kappa shape index (κ3) is 2.39. The number of benzene rings is 1. The van der Waals surface area contributed by atoms with Crippen LogP contribution < -0.4 is 5.32 Å². The van der Waals surface area contributed by atoms with Crippen molar-refractivity contribution >= 4 is 0 Å². The Balaban J connectivity index is 2.40. The fraction of sp³-hybridized carbons (Fsp3) is 0.429. The second-order valence-corrected chi connectivity index (χ2v) is 4.52. The first-order valence-electron chi connectivity index (χ1n) is 5.95. The maximum Gasteiger partial charge on any atom is 0.131 e. The molecule has 0 spiro atoms. The highest BCUT2D eigenvalue weighted by Gasteiger charge is 2.21. The lowest BCUT2D eigenvalue weighted by atomic mass is 9.96. The SMILES string of the molecule is CNC(C1=CCCC1)c1cc(C)c(F)cc1F. The van der Waals surface area contributed by atoms with Gasteiger partial charge in [0.1, 0.15) is 11.6 Å². The van der Waals surface area contributed by atoms with E-state index in [9.17, 15) is 8.78 Å². The standard InChI is InChI=1S/C14H17F2N/c1-9-7-11(13(16)8-12(9)15)14(17-2)10-5-3-4-6-10/h5,7-8,14,17H,3-4,6H2,1-2H3. The van der Waals surface area contributed by atoms with E-state index in [2.05, 4.69) is 11.4 Å². The number of rotatable bonds is 3. The van der Waals surface area contributed by atoms with Gasteiger partial charge in [0.05, 0.1) is 6.04 Å². The Morgan fingerprint density at radius 1 is 1.24 bits per heavy atom. The highest BCUT2D eigenvalue weighted by atomic mass is 19.1. The Kier molecular flexibility index (Phi) is 3.57. The molecule has 0 saturated carbocycles. The van der Waals surface area contributed by atoms with Crippen molar-refractivity contribution in [1.82, 2.24) is 5.32 Å². The van der Waals surface area contributed by atoms with Crippen LogP contribution in [0, 0.1) is 18.6 Å². The summed E-state index contributed by atoms with van der Waals surface area (Å²) in [6, 6.07) is 2.45. The zero-order valence-electron chi connectivity index (χ0n) is 10.2. The molecule has 0 fully saturated rings. The molecule has 1 unspecified atom stereocenters. The number of aryl methyl sites for hydroxylation is 1. The lowest BCUT2D eigenvalue weighted by molar-refractivity contribution is 0.542. The number of hydrogen-bond donors (Lipinski definition) is 1. The van der Waals surface area contributed by atoms with Crippen LogP contribution in [0.4, 0.5) is 8.78 Å². The summed E-state index contributed by atoms with van der Waals surface area (Å²) in [5, 5.41) is 3.12. The van der Waals surface area contributed by atoms with Crippen LogP contribution >= 0.6 is 0 Å². The Labute approximate surface area is 101 Å².